The first kappa shape index (κ1) is 16.0. The molecule has 0 saturated heterocycles. The van der Waals surface area contributed by atoms with E-state index in [2.05, 4.69) is 4.98 Å². The van der Waals surface area contributed by atoms with E-state index >= 15 is 0 Å². The fourth-order valence-corrected chi connectivity index (χ4v) is 3.76. The maximum atomic E-state index is 12.6. The van der Waals surface area contributed by atoms with Crippen molar-refractivity contribution in [3.63, 3.8) is 0 Å². The van der Waals surface area contributed by atoms with Crippen LogP contribution in [0.15, 0.2) is 12.4 Å². The second-order valence-corrected chi connectivity index (χ2v) is 6.59. The number of hydrogen-bond acceptors (Lipinski definition) is 4. The van der Waals surface area contributed by atoms with E-state index in [0.717, 1.165) is 11.1 Å². The van der Waals surface area contributed by atoms with Gasteiger partial charge < -0.3 is 9.64 Å². The topological polar surface area (TPSA) is 59.5 Å². The van der Waals surface area contributed by atoms with Gasteiger partial charge in [0.2, 0.25) is 5.91 Å². The number of carbonyl (C=O) groups is 2. The lowest BCUT2D eigenvalue weighted by Gasteiger charge is -2.31. The van der Waals surface area contributed by atoms with Crippen molar-refractivity contribution in [2.75, 3.05) is 13.7 Å². The summed E-state index contributed by atoms with van der Waals surface area (Å²) in [5.41, 5.74) is 2.48. The van der Waals surface area contributed by atoms with Crippen LogP contribution in [-0.4, -0.2) is 35.4 Å². The number of amides is 1. The molecule has 1 saturated carbocycles. The maximum absolute atomic E-state index is 12.6. The first-order valence-corrected chi connectivity index (χ1v) is 8.51. The Bertz CT molecular complexity index is 594. The van der Waals surface area contributed by atoms with Crippen molar-refractivity contribution in [3.05, 3.63) is 29.1 Å². The number of esters is 1. The maximum Gasteiger partial charge on any atom is 0.339 e. The Morgan fingerprint density at radius 2 is 2.04 bits per heavy atom. The van der Waals surface area contributed by atoms with Crippen LogP contribution < -0.4 is 0 Å². The highest BCUT2D eigenvalue weighted by atomic mass is 16.5. The first-order chi connectivity index (χ1) is 11.2. The van der Waals surface area contributed by atoms with Gasteiger partial charge in [-0.25, -0.2) is 4.79 Å². The monoisotopic (exact) mass is 316 g/mol. The van der Waals surface area contributed by atoms with Gasteiger partial charge in [0, 0.05) is 31.9 Å². The Kier molecular flexibility index (Phi) is 4.94. The Hall–Kier alpha value is -1.91. The molecule has 3 rings (SSSR count). The minimum atomic E-state index is -0.351. The predicted octanol–water partition coefficient (Wildman–Crippen LogP) is 2.72. The van der Waals surface area contributed by atoms with Gasteiger partial charge in [-0.15, -0.1) is 0 Å². The molecule has 0 aromatic carbocycles. The number of pyridine rings is 1. The lowest BCUT2D eigenvalue weighted by Crippen LogP contribution is -2.37. The zero-order valence-electron chi connectivity index (χ0n) is 13.7. The van der Waals surface area contributed by atoms with Crippen LogP contribution in [0.2, 0.25) is 0 Å². The van der Waals surface area contributed by atoms with Crippen LogP contribution in [0.4, 0.5) is 0 Å². The quantitative estimate of drug-likeness (QED) is 0.805. The smallest absolute Gasteiger partial charge is 0.339 e. The third-order valence-electron chi connectivity index (χ3n) is 5.09. The number of ether oxygens (including phenoxy) is 1. The average Bonchev–Trinajstić information content (AvgIpc) is 2.60. The van der Waals surface area contributed by atoms with Gasteiger partial charge in [0.1, 0.15) is 0 Å². The van der Waals surface area contributed by atoms with Crippen molar-refractivity contribution in [1.82, 2.24) is 9.88 Å². The fraction of sp³-hybridized carbons (Fsp3) is 0.611. The molecule has 0 bridgehead atoms. The van der Waals surface area contributed by atoms with Crippen LogP contribution in [0.1, 0.15) is 60.0 Å². The van der Waals surface area contributed by atoms with E-state index in [1.807, 2.05) is 4.90 Å². The van der Waals surface area contributed by atoms with Gasteiger partial charge in [-0.3, -0.25) is 9.78 Å². The molecule has 5 heteroatoms. The minimum absolute atomic E-state index is 0.242. The van der Waals surface area contributed by atoms with Crippen LogP contribution in [0.3, 0.4) is 0 Å². The highest BCUT2D eigenvalue weighted by molar-refractivity contribution is 5.91. The molecule has 23 heavy (non-hydrogen) atoms. The first-order valence-electron chi connectivity index (χ1n) is 8.51. The van der Waals surface area contributed by atoms with E-state index < -0.39 is 0 Å². The van der Waals surface area contributed by atoms with E-state index in [4.69, 9.17) is 4.74 Å². The zero-order valence-corrected chi connectivity index (χ0v) is 13.7. The van der Waals surface area contributed by atoms with E-state index in [1.165, 1.54) is 39.2 Å². The molecule has 2 aliphatic rings. The molecule has 0 atom stereocenters. The lowest BCUT2D eigenvalue weighted by molar-refractivity contribution is -0.133. The van der Waals surface area contributed by atoms with E-state index in [0.29, 0.717) is 37.4 Å². The third-order valence-corrected chi connectivity index (χ3v) is 5.09. The molecular formula is C18H24N2O3. The van der Waals surface area contributed by atoms with Gasteiger partial charge >= 0.3 is 5.97 Å². The van der Waals surface area contributed by atoms with Crippen LogP contribution >= 0.6 is 0 Å². The Labute approximate surface area is 137 Å². The Balaban J connectivity index is 1.68. The van der Waals surface area contributed by atoms with Crippen LogP contribution in [-0.2, 0) is 22.5 Å². The number of aromatic nitrogens is 1. The molecule has 1 fully saturated rings. The zero-order chi connectivity index (χ0) is 16.2. The summed E-state index contributed by atoms with van der Waals surface area (Å²) in [5, 5.41) is 0. The standard InChI is InChI=1S/C18H24N2O3/c1-23-18(22)16-11-19-10-14-12-20(8-7-15(14)16)17(21)9-13-5-3-2-4-6-13/h10-11,13H,2-9,12H2,1H3. The van der Waals surface area contributed by atoms with Gasteiger partial charge in [-0.2, -0.15) is 0 Å². The second kappa shape index (κ2) is 7.11. The van der Waals surface area contributed by atoms with E-state index in [-0.39, 0.29) is 11.9 Å². The SMILES string of the molecule is COC(=O)c1cncc2c1CCN(C(=O)CC1CCCCC1)C2. The van der Waals surface area contributed by atoms with Gasteiger partial charge in [-0.05, 0) is 36.3 Å². The fourth-order valence-electron chi connectivity index (χ4n) is 3.76. The number of hydrogen-bond donors (Lipinski definition) is 0. The van der Waals surface area contributed by atoms with E-state index in [9.17, 15) is 9.59 Å². The molecule has 2 heterocycles. The van der Waals surface area contributed by atoms with Crippen molar-refractivity contribution < 1.29 is 14.3 Å². The number of nitrogens with zero attached hydrogens (tertiary/aromatic N) is 2. The van der Waals surface area contributed by atoms with Gasteiger partial charge in [0.05, 0.1) is 12.7 Å². The van der Waals surface area contributed by atoms with Crippen molar-refractivity contribution in [2.45, 2.75) is 51.5 Å². The highest BCUT2D eigenvalue weighted by Gasteiger charge is 2.27. The molecule has 1 aromatic rings. The largest absolute Gasteiger partial charge is 0.465 e. The Morgan fingerprint density at radius 3 is 2.78 bits per heavy atom. The molecule has 5 nitrogen and oxygen atoms in total. The summed E-state index contributed by atoms with van der Waals surface area (Å²) >= 11 is 0. The normalized spacial score (nSPS) is 18.4. The minimum Gasteiger partial charge on any atom is -0.465 e. The average molecular weight is 316 g/mol. The lowest BCUT2D eigenvalue weighted by atomic mass is 9.86. The Morgan fingerprint density at radius 1 is 1.26 bits per heavy atom. The van der Waals surface area contributed by atoms with Crippen LogP contribution in [0.5, 0.6) is 0 Å². The second-order valence-electron chi connectivity index (χ2n) is 6.59. The summed E-state index contributed by atoms with van der Waals surface area (Å²) in [7, 11) is 1.38. The molecule has 1 aliphatic heterocycles. The van der Waals surface area contributed by atoms with Crippen LogP contribution in [0, 0.1) is 5.92 Å². The summed E-state index contributed by atoms with van der Waals surface area (Å²) < 4.78 is 4.82. The van der Waals surface area contributed by atoms with Gasteiger partial charge in [0.15, 0.2) is 0 Å². The highest BCUT2D eigenvalue weighted by Crippen LogP contribution is 2.28. The van der Waals surface area contributed by atoms with Crippen LogP contribution in [0.25, 0.3) is 0 Å². The summed E-state index contributed by atoms with van der Waals surface area (Å²) in [5.74, 6) is 0.444. The van der Waals surface area contributed by atoms with Gasteiger partial charge in [-0.1, -0.05) is 19.3 Å². The molecule has 0 radical (unpaired) electrons. The number of rotatable bonds is 3. The number of fused-ring (bicyclic) bond motifs is 1. The molecule has 0 spiro atoms. The predicted molar refractivity (Wildman–Crippen MR) is 85.9 cm³/mol. The molecule has 0 unspecified atom stereocenters. The summed E-state index contributed by atoms with van der Waals surface area (Å²) in [6, 6.07) is 0. The molecule has 124 valence electrons. The molecule has 1 aromatic heterocycles. The summed E-state index contributed by atoms with van der Waals surface area (Å²) in [6.07, 6.45) is 10.9. The molecule has 1 aliphatic carbocycles. The third kappa shape index (κ3) is 3.54. The summed E-state index contributed by atoms with van der Waals surface area (Å²) in [4.78, 5) is 30.4. The van der Waals surface area contributed by atoms with E-state index in [1.54, 1.807) is 12.4 Å². The van der Waals surface area contributed by atoms with Crippen molar-refractivity contribution in [1.29, 1.82) is 0 Å². The number of carbonyl (C=O) groups excluding carboxylic acids is 2. The van der Waals surface area contributed by atoms with Crippen molar-refractivity contribution in [3.8, 4) is 0 Å². The molecular weight excluding hydrogens is 292 g/mol. The molecule has 1 amide bonds. The van der Waals surface area contributed by atoms with Crippen molar-refractivity contribution in [2.24, 2.45) is 5.92 Å². The summed E-state index contributed by atoms with van der Waals surface area (Å²) in [6.45, 7) is 1.23. The molecule has 0 N–H and O–H groups in total. The number of methoxy groups -OCH3 is 1. The van der Waals surface area contributed by atoms with Gasteiger partial charge in [0.25, 0.3) is 0 Å². The van der Waals surface area contributed by atoms with Crippen molar-refractivity contribution >= 4 is 11.9 Å².